The molecule has 0 saturated carbocycles. The molecule has 0 aliphatic heterocycles. The lowest BCUT2D eigenvalue weighted by molar-refractivity contribution is 0.0697. The molecule has 0 radical (unpaired) electrons. The number of hydrogen-bond acceptors (Lipinski definition) is 4. The minimum atomic E-state index is -0.966. The van der Waals surface area contributed by atoms with Crippen LogP contribution in [0.5, 0.6) is 5.75 Å². The maximum atomic E-state index is 10.8. The molecular formula is C10H8O4S. The van der Waals surface area contributed by atoms with E-state index >= 15 is 0 Å². The Kier molecular flexibility index (Phi) is 2.73. The first kappa shape index (κ1) is 9.79. The van der Waals surface area contributed by atoms with E-state index in [2.05, 4.69) is 0 Å². The van der Waals surface area contributed by atoms with E-state index in [0.29, 0.717) is 12.4 Å². The highest BCUT2D eigenvalue weighted by atomic mass is 32.1. The molecule has 15 heavy (non-hydrogen) atoms. The summed E-state index contributed by atoms with van der Waals surface area (Å²) in [5, 5.41) is 10.5. The average Bonchev–Trinajstić information content (AvgIpc) is 2.86. The topological polar surface area (TPSA) is 59.7 Å². The van der Waals surface area contributed by atoms with Crippen molar-refractivity contribution in [3.05, 3.63) is 40.5 Å². The van der Waals surface area contributed by atoms with Crippen molar-refractivity contribution in [3.63, 3.8) is 0 Å². The monoisotopic (exact) mass is 224 g/mol. The highest BCUT2D eigenvalue weighted by molar-refractivity contribution is 7.12. The van der Waals surface area contributed by atoms with Gasteiger partial charge in [0, 0.05) is 5.56 Å². The van der Waals surface area contributed by atoms with Gasteiger partial charge in [-0.25, -0.2) is 4.79 Å². The summed E-state index contributed by atoms with van der Waals surface area (Å²) < 4.78 is 10.2. The van der Waals surface area contributed by atoms with Crippen molar-refractivity contribution in [2.45, 2.75) is 6.61 Å². The van der Waals surface area contributed by atoms with Gasteiger partial charge in [0.25, 0.3) is 0 Å². The van der Waals surface area contributed by atoms with Crippen molar-refractivity contribution in [2.24, 2.45) is 0 Å². The quantitative estimate of drug-likeness (QED) is 0.867. The predicted octanol–water partition coefficient (Wildman–Crippen LogP) is 2.62. The average molecular weight is 224 g/mol. The number of thiophene rings is 1. The molecule has 0 aliphatic rings. The van der Waals surface area contributed by atoms with Crippen molar-refractivity contribution >= 4 is 17.3 Å². The molecule has 0 spiro atoms. The SMILES string of the molecule is O=C(O)c1sccc1OCc1ccoc1. The molecule has 0 unspecified atom stereocenters. The summed E-state index contributed by atoms with van der Waals surface area (Å²) >= 11 is 1.15. The lowest BCUT2D eigenvalue weighted by Crippen LogP contribution is -1.99. The van der Waals surface area contributed by atoms with Gasteiger partial charge < -0.3 is 14.3 Å². The molecular weight excluding hydrogens is 216 g/mol. The molecule has 0 bridgehead atoms. The van der Waals surface area contributed by atoms with Crippen LogP contribution in [0.1, 0.15) is 15.2 Å². The molecule has 4 nitrogen and oxygen atoms in total. The van der Waals surface area contributed by atoms with Crippen LogP contribution in [0.4, 0.5) is 0 Å². The smallest absolute Gasteiger partial charge is 0.349 e. The van der Waals surface area contributed by atoms with E-state index in [0.717, 1.165) is 16.9 Å². The Balaban J connectivity index is 2.05. The molecule has 0 atom stereocenters. The van der Waals surface area contributed by atoms with E-state index in [1.807, 2.05) is 0 Å². The Bertz CT molecular complexity index is 444. The predicted molar refractivity (Wildman–Crippen MR) is 54.3 cm³/mol. The largest absolute Gasteiger partial charge is 0.487 e. The Morgan fingerprint density at radius 3 is 3.07 bits per heavy atom. The second kappa shape index (κ2) is 4.18. The number of furan rings is 1. The van der Waals surface area contributed by atoms with Gasteiger partial charge in [-0.15, -0.1) is 11.3 Å². The standard InChI is InChI=1S/C10H8O4S/c11-10(12)9-8(2-4-15-9)14-6-7-1-3-13-5-7/h1-5H,6H2,(H,11,12). The molecule has 78 valence electrons. The van der Waals surface area contributed by atoms with Crippen LogP contribution < -0.4 is 4.74 Å². The van der Waals surface area contributed by atoms with E-state index in [4.69, 9.17) is 14.3 Å². The minimum absolute atomic E-state index is 0.221. The zero-order chi connectivity index (χ0) is 10.7. The van der Waals surface area contributed by atoms with Gasteiger partial charge in [0.15, 0.2) is 4.88 Å². The first-order valence-electron chi connectivity index (χ1n) is 4.22. The summed E-state index contributed by atoms with van der Waals surface area (Å²) in [6, 6.07) is 3.42. The number of ether oxygens (including phenoxy) is 1. The number of aromatic carboxylic acids is 1. The van der Waals surface area contributed by atoms with E-state index in [-0.39, 0.29) is 4.88 Å². The van der Waals surface area contributed by atoms with Gasteiger partial charge in [0.05, 0.1) is 12.5 Å². The Labute approximate surface area is 89.7 Å². The third-order valence-corrected chi connectivity index (χ3v) is 2.68. The first-order valence-corrected chi connectivity index (χ1v) is 5.10. The summed E-state index contributed by atoms with van der Waals surface area (Å²) in [6.45, 7) is 0.313. The van der Waals surface area contributed by atoms with Crippen LogP contribution in [0.3, 0.4) is 0 Å². The van der Waals surface area contributed by atoms with E-state index in [1.54, 1.807) is 30.0 Å². The van der Waals surface area contributed by atoms with Crippen molar-refractivity contribution < 1.29 is 19.1 Å². The zero-order valence-corrected chi connectivity index (χ0v) is 8.49. The molecule has 2 rings (SSSR count). The minimum Gasteiger partial charge on any atom is -0.487 e. The van der Waals surface area contributed by atoms with Crippen molar-refractivity contribution in [2.75, 3.05) is 0 Å². The summed E-state index contributed by atoms with van der Waals surface area (Å²) in [5.41, 5.74) is 0.873. The molecule has 5 heteroatoms. The normalized spacial score (nSPS) is 10.1. The van der Waals surface area contributed by atoms with Gasteiger partial charge in [0.1, 0.15) is 12.4 Å². The van der Waals surface area contributed by atoms with Gasteiger partial charge in [-0.2, -0.15) is 0 Å². The number of rotatable bonds is 4. The van der Waals surface area contributed by atoms with Crippen LogP contribution in [-0.2, 0) is 6.61 Å². The van der Waals surface area contributed by atoms with Gasteiger partial charge in [-0.05, 0) is 17.5 Å². The maximum Gasteiger partial charge on any atom is 0.349 e. The van der Waals surface area contributed by atoms with Crippen molar-refractivity contribution in [1.82, 2.24) is 0 Å². The summed E-state index contributed by atoms with van der Waals surface area (Å²) in [5.74, 6) is -0.569. The van der Waals surface area contributed by atoms with E-state index in [1.165, 1.54) is 0 Å². The molecule has 0 aromatic carbocycles. The first-order chi connectivity index (χ1) is 7.27. The number of hydrogen-bond donors (Lipinski definition) is 1. The Morgan fingerprint density at radius 1 is 1.53 bits per heavy atom. The Hall–Kier alpha value is -1.75. The molecule has 0 saturated heterocycles. The zero-order valence-electron chi connectivity index (χ0n) is 7.67. The molecule has 0 aliphatic carbocycles. The van der Waals surface area contributed by atoms with Crippen LogP contribution in [0.25, 0.3) is 0 Å². The van der Waals surface area contributed by atoms with Gasteiger partial charge >= 0.3 is 5.97 Å². The van der Waals surface area contributed by atoms with Crippen LogP contribution in [-0.4, -0.2) is 11.1 Å². The fourth-order valence-corrected chi connectivity index (χ4v) is 1.77. The fourth-order valence-electron chi connectivity index (χ4n) is 1.10. The van der Waals surface area contributed by atoms with Gasteiger partial charge in [-0.1, -0.05) is 0 Å². The third-order valence-electron chi connectivity index (χ3n) is 1.80. The molecule has 1 N–H and O–H groups in total. The summed E-state index contributed by atoms with van der Waals surface area (Å²) in [7, 11) is 0. The Morgan fingerprint density at radius 2 is 2.40 bits per heavy atom. The highest BCUT2D eigenvalue weighted by Crippen LogP contribution is 2.25. The second-order valence-corrected chi connectivity index (χ2v) is 3.76. The van der Waals surface area contributed by atoms with Crippen LogP contribution >= 0.6 is 11.3 Å². The highest BCUT2D eigenvalue weighted by Gasteiger charge is 2.12. The second-order valence-electron chi connectivity index (χ2n) is 2.84. The summed E-state index contributed by atoms with van der Waals surface area (Å²) in [6.07, 6.45) is 3.11. The number of carboxylic acids is 1. The molecule has 0 fully saturated rings. The number of carbonyl (C=O) groups is 1. The lowest BCUT2D eigenvalue weighted by Gasteiger charge is -2.02. The van der Waals surface area contributed by atoms with E-state index < -0.39 is 5.97 Å². The molecule has 2 aromatic rings. The molecule has 0 amide bonds. The van der Waals surface area contributed by atoms with Crippen LogP contribution in [0, 0.1) is 0 Å². The van der Waals surface area contributed by atoms with Crippen molar-refractivity contribution in [1.29, 1.82) is 0 Å². The van der Waals surface area contributed by atoms with Crippen molar-refractivity contribution in [3.8, 4) is 5.75 Å². The maximum absolute atomic E-state index is 10.8. The fraction of sp³-hybridized carbons (Fsp3) is 0.100. The van der Waals surface area contributed by atoms with Crippen LogP contribution in [0.2, 0.25) is 0 Å². The van der Waals surface area contributed by atoms with Gasteiger partial charge in [-0.3, -0.25) is 0 Å². The number of carboxylic acid groups (broad SMARTS) is 1. The lowest BCUT2D eigenvalue weighted by atomic mass is 10.3. The van der Waals surface area contributed by atoms with Gasteiger partial charge in [0.2, 0.25) is 0 Å². The molecule has 2 aromatic heterocycles. The molecule has 2 heterocycles. The van der Waals surface area contributed by atoms with E-state index in [9.17, 15) is 4.79 Å². The van der Waals surface area contributed by atoms with Crippen LogP contribution in [0.15, 0.2) is 34.5 Å². The third kappa shape index (κ3) is 2.19. The summed E-state index contributed by atoms with van der Waals surface area (Å²) in [4.78, 5) is 11.0.